The van der Waals surface area contributed by atoms with E-state index < -0.39 is 0 Å². The number of amides is 2. The van der Waals surface area contributed by atoms with Crippen LogP contribution in [0.2, 0.25) is 10.0 Å². The van der Waals surface area contributed by atoms with Crippen molar-refractivity contribution in [3.8, 4) is 0 Å². The van der Waals surface area contributed by atoms with Gasteiger partial charge in [-0.1, -0.05) is 29.3 Å². The molecule has 2 amide bonds. The first-order valence-corrected chi connectivity index (χ1v) is 8.14. The highest BCUT2D eigenvalue weighted by molar-refractivity contribution is 6.42. The molecule has 3 heterocycles. The minimum absolute atomic E-state index is 0.0465. The van der Waals surface area contributed by atoms with Crippen LogP contribution in [0.15, 0.2) is 42.7 Å². The Morgan fingerprint density at radius 1 is 1.13 bits per heavy atom. The molecule has 0 saturated carbocycles. The van der Waals surface area contributed by atoms with Gasteiger partial charge in [0.25, 0.3) is 0 Å². The van der Waals surface area contributed by atoms with Crippen molar-refractivity contribution in [1.29, 1.82) is 0 Å². The SMILES string of the molecule is O=C1N(c2ccc(Cl)c(Cl)c2)[C@@H](c2cccnc2)N2CCCN12. The fourth-order valence-electron chi connectivity index (χ4n) is 3.19. The van der Waals surface area contributed by atoms with Crippen molar-refractivity contribution in [1.82, 2.24) is 15.0 Å². The number of pyridine rings is 1. The number of benzene rings is 1. The quantitative estimate of drug-likeness (QED) is 0.824. The Labute approximate surface area is 144 Å². The van der Waals surface area contributed by atoms with Crippen LogP contribution in [0.25, 0.3) is 0 Å². The highest BCUT2D eigenvalue weighted by Crippen LogP contribution is 2.41. The van der Waals surface area contributed by atoms with Gasteiger partial charge >= 0.3 is 6.03 Å². The zero-order valence-electron chi connectivity index (χ0n) is 12.2. The molecule has 2 fully saturated rings. The van der Waals surface area contributed by atoms with E-state index in [4.69, 9.17) is 23.2 Å². The van der Waals surface area contributed by atoms with Gasteiger partial charge in [0.2, 0.25) is 0 Å². The summed E-state index contributed by atoms with van der Waals surface area (Å²) in [5, 5.41) is 4.78. The van der Waals surface area contributed by atoms with Gasteiger partial charge in [-0.3, -0.25) is 14.9 Å². The Balaban J connectivity index is 1.82. The first-order chi connectivity index (χ1) is 11.2. The highest BCUT2D eigenvalue weighted by atomic mass is 35.5. The summed E-state index contributed by atoms with van der Waals surface area (Å²) < 4.78 is 0. The molecule has 7 heteroatoms. The van der Waals surface area contributed by atoms with Crippen molar-refractivity contribution >= 4 is 34.9 Å². The molecule has 2 saturated heterocycles. The number of rotatable bonds is 2. The van der Waals surface area contributed by atoms with E-state index in [1.54, 1.807) is 34.4 Å². The second-order valence-corrected chi connectivity index (χ2v) is 6.37. The summed E-state index contributed by atoms with van der Waals surface area (Å²) in [6.45, 7) is 1.57. The van der Waals surface area contributed by atoms with Crippen LogP contribution in [-0.2, 0) is 0 Å². The van der Waals surface area contributed by atoms with Crippen LogP contribution in [0, 0.1) is 0 Å². The largest absolute Gasteiger partial charge is 0.340 e. The topological polar surface area (TPSA) is 39.7 Å². The lowest BCUT2D eigenvalue weighted by atomic mass is 10.1. The van der Waals surface area contributed by atoms with Crippen molar-refractivity contribution in [3.63, 3.8) is 0 Å². The van der Waals surface area contributed by atoms with Crippen LogP contribution in [-0.4, -0.2) is 34.1 Å². The van der Waals surface area contributed by atoms with Gasteiger partial charge in [0.05, 0.1) is 10.0 Å². The number of halogens is 2. The molecule has 2 aromatic rings. The summed E-state index contributed by atoms with van der Waals surface area (Å²) in [5.74, 6) is 0. The monoisotopic (exact) mass is 348 g/mol. The van der Waals surface area contributed by atoms with Crippen molar-refractivity contribution in [3.05, 3.63) is 58.3 Å². The predicted octanol–water partition coefficient (Wildman–Crippen LogP) is 3.95. The Morgan fingerprint density at radius 3 is 2.74 bits per heavy atom. The van der Waals surface area contributed by atoms with Crippen molar-refractivity contribution in [2.24, 2.45) is 0 Å². The summed E-state index contributed by atoms with van der Waals surface area (Å²) in [7, 11) is 0. The Hall–Kier alpha value is -1.82. The molecule has 23 heavy (non-hydrogen) atoms. The fourth-order valence-corrected chi connectivity index (χ4v) is 3.48. The zero-order chi connectivity index (χ0) is 16.0. The van der Waals surface area contributed by atoms with Crippen LogP contribution in [0.1, 0.15) is 18.2 Å². The number of carbonyl (C=O) groups excluding carboxylic acids is 1. The molecule has 0 aliphatic carbocycles. The summed E-state index contributed by atoms with van der Waals surface area (Å²) in [6.07, 6.45) is 4.28. The van der Waals surface area contributed by atoms with Crippen LogP contribution >= 0.6 is 23.2 Å². The standard InChI is InChI=1S/C16H14Cl2N4O/c17-13-5-4-12(9-14(13)18)22-15(11-3-1-6-19-10-11)20-7-2-8-21(20)16(22)23/h1,3-6,9-10,15H,2,7-8H2/t15-/m0/s1. The van der Waals surface area contributed by atoms with Crippen molar-refractivity contribution in [2.75, 3.05) is 18.0 Å². The maximum absolute atomic E-state index is 12.9. The third kappa shape index (κ3) is 2.36. The number of anilines is 1. The van der Waals surface area contributed by atoms with Crippen LogP contribution in [0.4, 0.5) is 10.5 Å². The van der Waals surface area contributed by atoms with Crippen molar-refractivity contribution < 1.29 is 4.79 Å². The maximum Gasteiger partial charge on any atom is 0.340 e. The normalized spacial score (nSPS) is 21.1. The second kappa shape index (κ2) is 5.67. The van der Waals surface area contributed by atoms with Gasteiger partial charge in [-0.2, -0.15) is 5.01 Å². The van der Waals surface area contributed by atoms with Crippen molar-refractivity contribution in [2.45, 2.75) is 12.6 Å². The molecule has 1 aromatic heterocycles. The first-order valence-electron chi connectivity index (χ1n) is 7.39. The minimum atomic E-state index is -0.212. The van der Waals surface area contributed by atoms with E-state index in [1.807, 2.05) is 18.2 Å². The predicted molar refractivity (Wildman–Crippen MR) is 89.3 cm³/mol. The van der Waals surface area contributed by atoms with Gasteiger partial charge in [-0.15, -0.1) is 0 Å². The molecular formula is C16H14Cl2N4O. The van der Waals surface area contributed by atoms with E-state index in [1.165, 1.54) is 0 Å². The minimum Gasteiger partial charge on any atom is -0.271 e. The molecule has 0 radical (unpaired) electrons. The summed E-state index contributed by atoms with van der Waals surface area (Å²) in [6, 6.07) is 9.08. The molecule has 2 aliphatic rings. The molecule has 1 aromatic carbocycles. The van der Waals surface area contributed by atoms with E-state index in [9.17, 15) is 4.79 Å². The summed E-state index contributed by atoms with van der Waals surface area (Å²) >= 11 is 12.2. The lowest BCUT2D eigenvalue weighted by Crippen LogP contribution is -2.32. The molecule has 118 valence electrons. The smallest absolute Gasteiger partial charge is 0.271 e. The van der Waals surface area contributed by atoms with Gasteiger partial charge in [0, 0.05) is 36.7 Å². The Morgan fingerprint density at radius 2 is 2.00 bits per heavy atom. The molecule has 4 rings (SSSR count). The van der Waals surface area contributed by atoms with Crippen LogP contribution in [0.3, 0.4) is 0 Å². The highest BCUT2D eigenvalue weighted by Gasteiger charge is 2.47. The van der Waals surface area contributed by atoms with Gasteiger partial charge < -0.3 is 0 Å². The molecule has 0 spiro atoms. The molecule has 1 atom stereocenters. The fraction of sp³-hybridized carbons (Fsp3) is 0.250. The number of urea groups is 1. The zero-order valence-corrected chi connectivity index (χ0v) is 13.7. The number of fused-ring (bicyclic) bond motifs is 1. The third-order valence-electron chi connectivity index (χ3n) is 4.18. The molecule has 0 N–H and O–H groups in total. The molecule has 0 unspecified atom stereocenters. The molecule has 0 bridgehead atoms. The summed E-state index contributed by atoms with van der Waals surface area (Å²) in [5.41, 5.74) is 1.70. The van der Waals surface area contributed by atoms with E-state index >= 15 is 0 Å². The number of nitrogens with zero attached hydrogens (tertiary/aromatic N) is 4. The van der Waals surface area contributed by atoms with E-state index in [0.717, 1.165) is 30.8 Å². The Kier molecular flexibility index (Phi) is 3.64. The third-order valence-corrected chi connectivity index (χ3v) is 4.92. The molecule has 5 nitrogen and oxygen atoms in total. The van der Waals surface area contributed by atoms with Gasteiger partial charge in [0.15, 0.2) is 0 Å². The average Bonchev–Trinajstić information content (AvgIpc) is 3.13. The van der Waals surface area contributed by atoms with Gasteiger partial charge in [-0.05, 0) is 30.7 Å². The van der Waals surface area contributed by atoms with Gasteiger partial charge in [-0.25, -0.2) is 4.79 Å². The molecule has 2 aliphatic heterocycles. The van der Waals surface area contributed by atoms with E-state index in [0.29, 0.717) is 10.0 Å². The Bertz CT molecular complexity index is 755. The lowest BCUT2D eigenvalue weighted by Gasteiger charge is -2.27. The maximum atomic E-state index is 12.9. The van der Waals surface area contributed by atoms with E-state index in [2.05, 4.69) is 9.99 Å². The summed E-state index contributed by atoms with van der Waals surface area (Å²) in [4.78, 5) is 18.8. The second-order valence-electron chi connectivity index (χ2n) is 5.55. The number of hydrogen-bond acceptors (Lipinski definition) is 3. The average molecular weight is 349 g/mol. The number of hydrazine groups is 1. The lowest BCUT2D eigenvalue weighted by molar-refractivity contribution is 0.0726. The number of carbonyl (C=O) groups is 1. The molecular weight excluding hydrogens is 335 g/mol. The van der Waals surface area contributed by atoms with E-state index in [-0.39, 0.29) is 12.2 Å². The van der Waals surface area contributed by atoms with Crippen LogP contribution in [0.5, 0.6) is 0 Å². The first kappa shape index (κ1) is 14.8. The number of hydrogen-bond donors (Lipinski definition) is 0. The van der Waals surface area contributed by atoms with Crippen LogP contribution < -0.4 is 4.90 Å². The number of aromatic nitrogens is 1. The van der Waals surface area contributed by atoms with Gasteiger partial charge in [0.1, 0.15) is 6.17 Å².